The Morgan fingerprint density at radius 3 is 2.24 bits per heavy atom. The largest absolute Gasteiger partial charge is 0.416 e. The van der Waals surface area contributed by atoms with Crippen LogP contribution in [0.2, 0.25) is 0 Å². The topological polar surface area (TPSA) is 40.9 Å². The summed E-state index contributed by atoms with van der Waals surface area (Å²) in [5.41, 5.74) is 4.07. The number of nitrogens with zero attached hydrogens (tertiary/aromatic N) is 4. The fourth-order valence-electron chi connectivity index (χ4n) is 5.24. The molecule has 0 atom stereocenters. The summed E-state index contributed by atoms with van der Waals surface area (Å²) in [5, 5.41) is 0. The lowest BCUT2D eigenvalue weighted by Gasteiger charge is -2.34. The number of pyridine rings is 1. The highest BCUT2D eigenvalue weighted by Crippen LogP contribution is 2.33. The van der Waals surface area contributed by atoms with E-state index in [1.807, 2.05) is 47.0 Å². The summed E-state index contributed by atoms with van der Waals surface area (Å²) in [6.45, 7) is 2.72. The van der Waals surface area contributed by atoms with Crippen LogP contribution in [0.1, 0.15) is 21.6 Å². The normalized spacial score (nSPS) is 14.5. The van der Waals surface area contributed by atoms with Crippen molar-refractivity contribution in [1.29, 1.82) is 0 Å². The molecule has 3 heterocycles. The van der Waals surface area contributed by atoms with Gasteiger partial charge in [-0.3, -0.25) is 9.69 Å². The molecule has 5 aromatic rings. The molecule has 0 unspecified atom stereocenters. The number of halogens is 4. The summed E-state index contributed by atoms with van der Waals surface area (Å²) >= 11 is 0. The minimum absolute atomic E-state index is 0.199. The van der Waals surface area contributed by atoms with E-state index in [2.05, 4.69) is 4.90 Å². The molecule has 0 spiro atoms. The number of hydrogen-bond acceptors (Lipinski definition) is 3. The van der Waals surface area contributed by atoms with Crippen molar-refractivity contribution in [3.63, 3.8) is 0 Å². The van der Waals surface area contributed by atoms with E-state index in [1.54, 1.807) is 23.1 Å². The second-order valence-corrected chi connectivity index (χ2v) is 10.1. The van der Waals surface area contributed by atoms with Gasteiger partial charge in [0.05, 0.1) is 17.0 Å². The summed E-state index contributed by atoms with van der Waals surface area (Å²) in [6, 6.07) is 24.4. The van der Waals surface area contributed by atoms with Crippen LogP contribution in [-0.2, 0) is 12.7 Å². The van der Waals surface area contributed by atoms with Crippen molar-refractivity contribution in [3.8, 4) is 22.4 Å². The molecule has 41 heavy (non-hydrogen) atoms. The number of rotatable bonds is 5. The quantitative estimate of drug-likeness (QED) is 0.223. The van der Waals surface area contributed by atoms with Gasteiger partial charge in [0.15, 0.2) is 0 Å². The van der Waals surface area contributed by atoms with E-state index in [-0.39, 0.29) is 5.91 Å². The number of amides is 1. The Balaban J connectivity index is 1.30. The Kier molecular flexibility index (Phi) is 7.05. The number of imidazole rings is 1. The number of alkyl halides is 3. The average molecular weight is 559 g/mol. The van der Waals surface area contributed by atoms with Gasteiger partial charge in [-0.1, -0.05) is 48.5 Å². The third kappa shape index (κ3) is 5.58. The van der Waals surface area contributed by atoms with Crippen molar-refractivity contribution in [2.75, 3.05) is 26.2 Å². The number of fused-ring (bicyclic) bond motifs is 1. The molecule has 1 saturated heterocycles. The first-order valence-corrected chi connectivity index (χ1v) is 13.3. The lowest BCUT2D eigenvalue weighted by molar-refractivity contribution is -0.137. The van der Waals surface area contributed by atoms with Gasteiger partial charge in [0.1, 0.15) is 11.5 Å². The molecular weight excluding hydrogens is 532 g/mol. The van der Waals surface area contributed by atoms with E-state index in [9.17, 15) is 22.4 Å². The van der Waals surface area contributed by atoms with Crippen LogP contribution < -0.4 is 0 Å². The zero-order valence-electron chi connectivity index (χ0n) is 22.0. The summed E-state index contributed by atoms with van der Waals surface area (Å²) in [5.74, 6) is -0.644. The molecule has 0 saturated carbocycles. The molecule has 5 nitrogen and oxygen atoms in total. The zero-order valence-corrected chi connectivity index (χ0v) is 22.0. The van der Waals surface area contributed by atoms with Gasteiger partial charge in [-0.25, -0.2) is 9.37 Å². The van der Waals surface area contributed by atoms with Gasteiger partial charge in [0.2, 0.25) is 0 Å². The number of aromatic nitrogens is 2. The van der Waals surface area contributed by atoms with Gasteiger partial charge in [-0.2, -0.15) is 13.2 Å². The van der Waals surface area contributed by atoms with Crippen LogP contribution >= 0.6 is 0 Å². The zero-order chi connectivity index (χ0) is 28.6. The number of carbonyl (C=O) groups excluding carboxylic acids is 1. The highest BCUT2D eigenvalue weighted by molar-refractivity contribution is 5.94. The van der Waals surface area contributed by atoms with Crippen LogP contribution in [0.4, 0.5) is 17.6 Å². The third-order valence-corrected chi connectivity index (χ3v) is 7.39. The van der Waals surface area contributed by atoms with Crippen LogP contribution in [0.5, 0.6) is 0 Å². The van der Waals surface area contributed by atoms with Gasteiger partial charge in [0, 0.05) is 50.0 Å². The molecule has 0 radical (unpaired) electrons. The minimum atomic E-state index is -4.43. The molecule has 0 bridgehead atoms. The van der Waals surface area contributed by atoms with E-state index >= 15 is 0 Å². The van der Waals surface area contributed by atoms with E-state index in [0.717, 1.165) is 29.1 Å². The van der Waals surface area contributed by atoms with Crippen LogP contribution in [-0.4, -0.2) is 51.3 Å². The highest BCUT2D eigenvalue weighted by Gasteiger charge is 2.30. The van der Waals surface area contributed by atoms with Gasteiger partial charge in [-0.05, 0) is 53.6 Å². The van der Waals surface area contributed by atoms with Gasteiger partial charge < -0.3 is 9.30 Å². The second-order valence-electron chi connectivity index (χ2n) is 10.1. The van der Waals surface area contributed by atoms with E-state index in [4.69, 9.17) is 4.98 Å². The highest BCUT2D eigenvalue weighted by atomic mass is 19.4. The Hall–Kier alpha value is -4.50. The lowest BCUT2D eigenvalue weighted by Crippen LogP contribution is -2.48. The van der Waals surface area contributed by atoms with Crippen molar-refractivity contribution < 1.29 is 22.4 Å². The Bertz CT molecular complexity index is 1710. The van der Waals surface area contributed by atoms with E-state index in [0.29, 0.717) is 55.1 Å². The fourth-order valence-corrected chi connectivity index (χ4v) is 5.24. The average Bonchev–Trinajstić information content (AvgIpc) is 3.34. The lowest BCUT2D eigenvalue weighted by atomic mass is 10.0. The van der Waals surface area contributed by atoms with Crippen LogP contribution in [0.3, 0.4) is 0 Å². The van der Waals surface area contributed by atoms with E-state index in [1.165, 1.54) is 24.3 Å². The SMILES string of the molecule is O=C(c1cccc(F)c1)N1CCN(Cc2c(-c3ccccc3)nc3ccc(-c4cccc(C(F)(F)F)c4)cn23)CC1. The predicted octanol–water partition coefficient (Wildman–Crippen LogP) is 6.78. The smallest absolute Gasteiger partial charge is 0.336 e. The van der Waals surface area contributed by atoms with Crippen LogP contribution in [0.25, 0.3) is 28.0 Å². The monoisotopic (exact) mass is 558 g/mol. The van der Waals surface area contributed by atoms with E-state index < -0.39 is 17.6 Å². The van der Waals surface area contributed by atoms with Crippen molar-refractivity contribution in [2.24, 2.45) is 0 Å². The van der Waals surface area contributed by atoms with Gasteiger partial charge in [-0.15, -0.1) is 0 Å². The first kappa shape index (κ1) is 26.7. The maximum absolute atomic E-state index is 13.6. The van der Waals surface area contributed by atoms with Crippen LogP contribution in [0.15, 0.2) is 97.2 Å². The van der Waals surface area contributed by atoms with Crippen molar-refractivity contribution in [1.82, 2.24) is 19.2 Å². The molecule has 9 heteroatoms. The molecule has 3 aromatic carbocycles. The van der Waals surface area contributed by atoms with Crippen molar-refractivity contribution >= 4 is 11.6 Å². The Labute approximate surface area is 234 Å². The first-order chi connectivity index (χ1) is 19.8. The summed E-state index contributed by atoms with van der Waals surface area (Å²) in [7, 11) is 0. The minimum Gasteiger partial charge on any atom is -0.336 e. The summed E-state index contributed by atoms with van der Waals surface area (Å²) in [4.78, 5) is 21.7. The number of hydrogen-bond donors (Lipinski definition) is 0. The van der Waals surface area contributed by atoms with Gasteiger partial charge in [0.25, 0.3) is 5.91 Å². The van der Waals surface area contributed by atoms with Gasteiger partial charge >= 0.3 is 6.18 Å². The molecule has 6 rings (SSSR count). The maximum atomic E-state index is 13.6. The Morgan fingerprint density at radius 2 is 1.51 bits per heavy atom. The molecule has 1 aliphatic heterocycles. The molecule has 0 N–H and O–H groups in total. The first-order valence-electron chi connectivity index (χ1n) is 13.3. The molecular formula is C32H26F4N4O. The molecule has 1 amide bonds. The molecule has 1 fully saturated rings. The molecule has 1 aliphatic rings. The fraction of sp³-hybridized carbons (Fsp3) is 0.188. The predicted molar refractivity (Wildman–Crippen MR) is 149 cm³/mol. The maximum Gasteiger partial charge on any atom is 0.416 e. The van der Waals surface area contributed by atoms with Crippen LogP contribution in [0, 0.1) is 5.82 Å². The standard InChI is InChI=1S/C32H26F4N4O/c33-27-11-5-9-24(19-27)31(41)39-16-14-38(15-17-39)21-28-30(22-6-2-1-3-7-22)37-29-13-12-25(20-40(28)29)23-8-4-10-26(18-23)32(34,35)36/h1-13,18-20H,14-17,21H2. The van der Waals surface area contributed by atoms with Crippen molar-refractivity contribution in [3.05, 3.63) is 120 Å². The molecule has 208 valence electrons. The summed E-state index contributed by atoms with van der Waals surface area (Å²) < 4.78 is 55.7. The Morgan fingerprint density at radius 1 is 0.780 bits per heavy atom. The number of carbonyl (C=O) groups is 1. The number of piperazine rings is 1. The molecule has 2 aromatic heterocycles. The molecule has 0 aliphatic carbocycles. The second kappa shape index (κ2) is 10.8. The van der Waals surface area contributed by atoms with Crippen molar-refractivity contribution in [2.45, 2.75) is 12.7 Å². The third-order valence-electron chi connectivity index (χ3n) is 7.39. The summed E-state index contributed by atoms with van der Waals surface area (Å²) in [6.07, 6.45) is -2.59. The number of benzene rings is 3.